The van der Waals surface area contributed by atoms with Crippen molar-refractivity contribution in [1.29, 1.82) is 0 Å². The third-order valence-corrected chi connectivity index (χ3v) is 4.18. The normalized spacial score (nSPS) is 18.0. The summed E-state index contributed by atoms with van der Waals surface area (Å²) in [4.78, 5) is 0. The molecule has 0 spiro atoms. The molecule has 1 heteroatoms. The van der Waals surface area contributed by atoms with Crippen LogP contribution in [0.25, 0.3) is 0 Å². The summed E-state index contributed by atoms with van der Waals surface area (Å²) in [7, 11) is 0. The second-order valence-corrected chi connectivity index (χ2v) is 5.22. The summed E-state index contributed by atoms with van der Waals surface area (Å²) in [6.45, 7) is 2.26. The van der Waals surface area contributed by atoms with E-state index in [0.29, 0.717) is 0 Å². The molecule has 1 aromatic carbocycles. The van der Waals surface area contributed by atoms with Gasteiger partial charge in [-0.2, -0.15) is 0 Å². The highest BCUT2D eigenvalue weighted by Gasteiger charge is 2.16. The third-order valence-electron chi connectivity index (χ3n) is 3.53. The highest BCUT2D eigenvalue weighted by atomic mass is 79.9. The quantitative estimate of drug-likeness (QED) is 0.666. The second kappa shape index (κ2) is 5.16. The molecule has 82 valence electrons. The van der Waals surface area contributed by atoms with Crippen molar-refractivity contribution in [2.24, 2.45) is 0 Å². The zero-order valence-electron chi connectivity index (χ0n) is 9.43. The lowest BCUT2D eigenvalue weighted by Gasteiger charge is -2.23. The van der Waals surface area contributed by atoms with E-state index in [-0.39, 0.29) is 0 Å². The van der Waals surface area contributed by atoms with Crippen LogP contribution >= 0.6 is 15.9 Å². The standard InChI is InChI=1S/C14H19Br/c1-11-9-12(10-15)7-8-14(11)13-5-3-2-4-6-13/h7-9,13H,2-6,10H2,1H3. The van der Waals surface area contributed by atoms with E-state index < -0.39 is 0 Å². The molecule has 0 unspecified atom stereocenters. The van der Waals surface area contributed by atoms with Crippen molar-refractivity contribution in [3.05, 3.63) is 34.9 Å². The Morgan fingerprint density at radius 3 is 2.53 bits per heavy atom. The van der Waals surface area contributed by atoms with E-state index in [1.165, 1.54) is 43.2 Å². The first-order valence-electron chi connectivity index (χ1n) is 5.96. The topological polar surface area (TPSA) is 0 Å². The van der Waals surface area contributed by atoms with E-state index in [4.69, 9.17) is 0 Å². The molecule has 0 amide bonds. The van der Waals surface area contributed by atoms with E-state index in [1.807, 2.05) is 0 Å². The number of alkyl halides is 1. The van der Waals surface area contributed by atoms with Crippen molar-refractivity contribution >= 4 is 15.9 Å². The Bertz CT molecular complexity index is 324. The maximum Gasteiger partial charge on any atom is 0.0283 e. The van der Waals surface area contributed by atoms with Gasteiger partial charge in [-0.1, -0.05) is 53.4 Å². The molecule has 0 nitrogen and oxygen atoms in total. The molecule has 0 radical (unpaired) electrons. The molecule has 0 bridgehead atoms. The fraction of sp³-hybridized carbons (Fsp3) is 0.571. The van der Waals surface area contributed by atoms with E-state index in [0.717, 1.165) is 11.2 Å². The predicted molar refractivity (Wildman–Crippen MR) is 69.6 cm³/mol. The van der Waals surface area contributed by atoms with Crippen molar-refractivity contribution in [2.75, 3.05) is 0 Å². The van der Waals surface area contributed by atoms with Crippen molar-refractivity contribution in [2.45, 2.75) is 50.3 Å². The van der Waals surface area contributed by atoms with Crippen LogP contribution in [-0.2, 0) is 5.33 Å². The van der Waals surface area contributed by atoms with Gasteiger partial charge in [0.2, 0.25) is 0 Å². The van der Waals surface area contributed by atoms with Crippen molar-refractivity contribution in [3.8, 4) is 0 Å². The van der Waals surface area contributed by atoms with Gasteiger partial charge in [-0.3, -0.25) is 0 Å². The highest BCUT2D eigenvalue weighted by Crippen LogP contribution is 2.34. The molecule has 0 atom stereocenters. The first kappa shape index (κ1) is 11.2. The minimum atomic E-state index is 0.836. The van der Waals surface area contributed by atoms with Crippen LogP contribution in [0.4, 0.5) is 0 Å². The molecule has 1 saturated carbocycles. The summed E-state index contributed by atoms with van der Waals surface area (Å²) in [6.07, 6.45) is 7.08. The van der Waals surface area contributed by atoms with Crippen molar-refractivity contribution in [1.82, 2.24) is 0 Å². The number of hydrogen-bond acceptors (Lipinski definition) is 0. The smallest absolute Gasteiger partial charge is 0.0283 e. The summed E-state index contributed by atoms with van der Waals surface area (Å²) in [5.41, 5.74) is 4.48. The maximum absolute atomic E-state index is 3.51. The summed E-state index contributed by atoms with van der Waals surface area (Å²) in [5.74, 6) is 0.836. The Labute approximate surface area is 101 Å². The first-order valence-corrected chi connectivity index (χ1v) is 7.09. The van der Waals surface area contributed by atoms with Crippen LogP contribution in [0.5, 0.6) is 0 Å². The van der Waals surface area contributed by atoms with Crippen LogP contribution in [0.3, 0.4) is 0 Å². The van der Waals surface area contributed by atoms with Gasteiger partial charge in [-0.05, 0) is 42.4 Å². The van der Waals surface area contributed by atoms with Crippen LogP contribution in [0.15, 0.2) is 18.2 Å². The summed E-state index contributed by atoms with van der Waals surface area (Å²) < 4.78 is 0. The third kappa shape index (κ3) is 2.63. The molecule has 1 fully saturated rings. The molecular formula is C14H19Br. The summed E-state index contributed by atoms with van der Waals surface area (Å²) in [6, 6.07) is 6.95. The predicted octanol–water partition coefficient (Wildman–Crippen LogP) is 4.94. The monoisotopic (exact) mass is 266 g/mol. The van der Waals surface area contributed by atoms with Crippen LogP contribution < -0.4 is 0 Å². The molecule has 1 aliphatic rings. The maximum atomic E-state index is 3.51. The largest absolute Gasteiger partial charge is 0.0876 e. The van der Waals surface area contributed by atoms with Gasteiger partial charge in [0.15, 0.2) is 0 Å². The van der Waals surface area contributed by atoms with Crippen LogP contribution in [0.1, 0.15) is 54.7 Å². The van der Waals surface area contributed by atoms with E-state index in [2.05, 4.69) is 41.1 Å². The Hall–Kier alpha value is -0.300. The zero-order chi connectivity index (χ0) is 10.7. The molecule has 0 N–H and O–H groups in total. The van der Waals surface area contributed by atoms with Crippen LogP contribution in [-0.4, -0.2) is 0 Å². The van der Waals surface area contributed by atoms with Gasteiger partial charge in [0, 0.05) is 5.33 Å². The Morgan fingerprint density at radius 1 is 1.20 bits per heavy atom. The minimum Gasteiger partial charge on any atom is -0.0876 e. The molecule has 15 heavy (non-hydrogen) atoms. The molecule has 1 aliphatic carbocycles. The molecule has 0 saturated heterocycles. The lowest BCUT2D eigenvalue weighted by atomic mass is 9.82. The van der Waals surface area contributed by atoms with Gasteiger partial charge >= 0.3 is 0 Å². The molecule has 2 rings (SSSR count). The van der Waals surface area contributed by atoms with E-state index in [9.17, 15) is 0 Å². The van der Waals surface area contributed by atoms with Crippen molar-refractivity contribution < 1.29 is 0 Å². The number of halogens is 1. The Morgan fingerprint density at radius 2 is 1.93 bits per heavy atom. The molecular weight excluding hydrogens is 248 g/mol. The fourth-order valence-electron chi connectivity index (χ4n) is 2.69. The number of benzene rings is 1. The number of hydrogen-bond donors (Lipinski definition) is 0. The average molecular weight is 267 g/mol. The van der Waals surface area contributed by atoms with Gasteiger partial charge in [-0.25, -0.2) is 0 Å². The van der Waals surface area contributed by atoms with Gasteiger partial charge in [0.05, 0.1) is 0 Å². The van der Waals surface area contributed by atoms with Crippen LogP contribution in [0, 0.1) is 6.92 Å². The molecule has 0 aliphatic heterocycles. The lowest BCUT2D eigenvalue weighted by molar-refractivity contribution is 0.442. The fourth-order valence-corrected chi connectivity index (χ4v) is 3.04. The molecule has 1 aromatic rings. The zero-order valence-corrected chi connectivity index (χ0v) is 11.0. The molecule has 0 aromatic heterocycles. The van der Waals surface area contributed by atoms with Crippen molar-refractivity contribution in [3.63, 3.8) is 0 Å². The first-order chi connectivity index (χ1) is 7.31. The minimum absolute atomic E-state index is 0.836. The Kier molecular flexibility index (Phi) is 3.85. The van der Waals surface area contributed by atoms with Gasteiger partial charge in [-0.15, -0.1) is 0 Å². The lowest BCUT2D eigenvalue weighted by Crippen LogP contribution is -2.06. The summed E-state index contributed by atoms with van der Waals surface area (Å²) >= 11 is 3.51. The second-order valence-electron chi connectivity index (χ2n) is 4.66. The number of aryl methyl sites for hydroxylation is 1. The average Bonchev–Trinajstić information content (AvgIpc) is 2.30. The SMILES string of the molecule is Cc1cc(CBr)ccc1C1CCCCC1. The number of rotatable bonds is 2. The van der Waals surface area contributed by atoms with E-state index >= 15 is 0 Å². The Balaban J connectivity index is 2.19. The van der Waals surface area contributed by atoms with Gasteiger partial charge in [0.1, 0.15) is 0 Å². The van der Waals surface area contributed by atoms with Crippen LogP contribution in [0.2, 0.25) is 0 Å². The summed E-state index contributed by atoms with van der Waals surface area (Å²) in [5, 5.41) is 0.971. The van der Waals surface area contributed by atoms with E-state index in [1.54, 1.807) is 5.56 Å². The highest BCUT2D eigenvalue weighted by molar-refractivity contribution is 9.08. The van der Waals surface area contributed by atoms with Gasteiger partial charge < -0.3 is 0 Å². The molecule has 0 heterocycles. The van der Waals surface area contributed by atoms with Gasteiger partial charge in [0.25, 0.3) is 0 Å².